The fourth-order valence-corrected chi connectivity index (χ4v) is 3.10. The third kappa shape index (κ3) is 6.76. The van der Waals surface area contributed by atoms with Gasteiger partial charge in [0.25, 0.3) is 0 Å². The Morgan fingerprint density at radius 3 is 2.48 bits per heavy atom. The van der Waals surface area contributed by atoms with Crippen molar-refractivity contribution in [2.45, 2.75) is 58.3 Å². The summed E-state index contributed by atoms with van der Waals surface area (Å²) in [7, 11) is 1.76. The van der Waals surface area contributed by atoms with Crippen molar-refractivity contribution in [3.05, 3.63) is 42.5 Å². The van der Waals surface area contributed by atoms with Crippen molar-refractivity contribution in [2.75, 3.05) is 26.2 Å². The molecule has 0 bridgehead atoms. The van der Waals surface area contributed by atoms with E-state index in [1.165, 1.54) is 5.56 Å². The van der Waals surface area contributed by atoms with Gasteiger partial charge in [0.2, 0.25) is 0 Å². The average molecular weight is 371 g/mol. The molecule has 2 unspecified atom stereocenters. The van der Waals surface area contributed by atoms with E-state index < -0.39 is 11.2 Å². The molecule has 2 N–H and O–H groups in total. The van der Waals surface area contributed by atoms with E-state index in [1.54, 1.807) is 7.48 Å². The minimum atomic E-state index is -0.914. The lowest BCUT2D eigenvalue weighted by Crippen LogP contribution is -2.51. The van der Waals surface area contributed by atoms with Crippen LogP contribution >= 0.6 is 0 Å². The summed E-state index contributed by atoms with van der Waals surface area (Å²) in [6.07, 6.45) is 3.49. The predicted octanol–water partition coefficient (Wildman–Crippen LogP) is 2.48. The van der Waals surface area contributed by atoms with E-state index >= 15 is 0 Å². The molecule has 0 amide bonds. The maximum atomic E-state index is 10.9. The summed E-state index contributed by atoms with van der Waals surface area (Å²) in [6.45, 7) is 17.0. The van der Waals surface area contributed by atoms with Gasteiger partial charge in [0, 0.05) is 32.7 Å². The van der Waals surface area contributed by atoms with Crippen molar-refractivity contribution in [1.29, 1.82) is 0 Å². The molecule has 1 aromatic rings. The second kappa shape index (κ2) is 9.88. The second-order valence-electron chi connectivity index (χ2n) is 8.54. The van der Waals surface area contributed by atoms with Crippen LogP contribution < -0.4 is 10.8 Å². The molecule has 1 aliphatic heterocycles. The maximum Gasteiger partial charge on any atom is 0.330 e. The summed E-state index contributed by atoms with van der Waals surface area (Å²) >= 11 is 0. The van der Waals surface area contributed by atoms with E-state index in [9.17, 15) is 5.11 Å². The number of piperazine rings is 1. The quantitative estimate of drug-likeness (QED) is 0.490. The first-order chi connectivity index (χ1) is 12.7. The Balaban J connectivity index is 1.85. The van der Waals surface area contributed by atoms with Gasteiger partial charge in [-0.1, -0.05) is 42.7 Å². The van der Waals surface area contributed by atoms with E-state index in [1.807, 2.05) is 26.8 Å². The van der Waals surface area contributed by atoms with Gasteiger partial charge < -0.3 is 15.1 Å². The van der Waals surface area contributed by atoms with Gasteiger partial charge >= 0.3 is 7.48 Å². The van der Waals surface area contributed by atoms with Gasteiger partial charge in [-0.2, -0.15) is 0 Å². The van der Waals surface area contributed by atoms with Crippen LogP contribution in [0.5, 0.6) is 0 Å². The van der Waals surface area contributed by atoms with Crippen molar-refractivity contribution in [2.24, 2.45) is 5.92 Å². The summed E-state index contributed by atoms with van der Waals surface area (Å²) in [5.41, 5.74) is 0.747. The zero-order chi connectivity index (χ0) is 19.9. The Hall–Kier alpha value is -1.14. The molecule has 4 nitrogen and oxygen atoms in total. The molecule has 0 aliphatic carbocycles. The van der Waals surface area contributed by atoms with Crippen molar-refractivity contribution in [1.82, 2.24) is 10.2 Å². The van der Waals surface area contributed by atoms with Gasteiger partial charge in [0.05, 0.1) is 11.2 Å². The molecule has 0 aromatic heterocycles. The lowest BCUT2D eigenvalue weighted by molar-refractivity contribution is -0.108. The molecule has 27 heavy (non-hydrogen) atoms. The molecule has 1 fully saturated rings. The molecule has 2 atom stereocenters. The monoisotopic (exact) mass is 371 g/mol. The molecule has 1 heterocycles. The first-order valence-corrected chi connectivity index (χ1v) is 10.1. The summed E-state index contributed by atoms with van der Waals surface area (Å²) < 4.78 is 6.02. The molecule has 1 radical (unpaired) electrons. The van der Waals surface area contributed by atoms with Crippen molar-refractivity contribution >= 4 is 12.9 Å². The number of rotatable bonds is 10. The largest absolute Gasteiger partial charge is 0.427 e. The first kappa shape index (κ1) is 22.2. The Kier molecular flexibility index (Phi) is 8.11. The van der Waals surface area contributed by atoms with Crippen molar-refractivity contribution < 1.29 is 9.76 Å². The molecule has 5 heteroatoms. The molecule has 149 valence electrons. The zero-order valence-electron chi connectivity index (χ0n) is 17.5. The summed E-state index contributed by atoms with van der Waals surface area (Å²) in [6, 6.07) is 8.49. The molecular formula is C22H36BN2O2. The van der Waals surface area contributed by atoms with Gasteiger partial charge in [-0.25, -0.2) is 0 Å². The lowest BCUT2D eigenvalue weighted by Gasteiger charge is -2.41. The van der Waals surface area contributed by atoms with Gasteiger partial charge in [0.15, 0.2) is 0 Å². The van der Waals surface area contributed by atoms with Crippen LogP contribution in [-0.4, -0.2) is 54.9 Å². The van der Waals surface area contributed by atoms with Crippen LogP contribution in [-0.2, 0) is 11.2 Å². The highest BCUT2D eigenvalue weighted by Crippen LogP contribution is 2.31. The summed E-state index contributed by atoms with van der Waals surface area (Å²) in [5, 5.41) is 14.3. The number of hydrogen-bond donors (Lipinski definition) is 2. The van der Waals surface area contributed by atoms with Crippen LogP contribution in [0.3, 0.4) is 0 Å². The number of benzene rings is 1. The van der Waals surface area contributed by atoms with Gasteiger partial charge in [-0.15, -0.1) is 6.58 Å². The Morgan fingerprint density at radius 1 is 1.26 bits per heavy atom. The van der Waals surface area contributed by atoms with Gasteiger partial charge in [-0.05, 0) is 45.1 Å². The van der Waals surface area contributed by atoms with Crippen LogP contribution in [0.2, 0.25) is 0 Å². The van der Waals surface area contributed by atoms with E-state index in [4.69, 9.17) is 4.65 Å². The first-order valence-electron chi connectivity index (χ1n) is 10.1. The zero-order valence-corrected chi connectivity index (χ0v) is 17.5. The normalized spacial score (nSPS) is 19.3. The van der Waals surface area contributed by atoms with Crippen LogP contribution in [0.15, 0.2) is 36.9 Å². The second-order valence-corrected chi connectivity index (χ2v) is 8.54. The van der Waals surface area contributed by atoms with Crippen LogP contribution in [0, 0.1) is 5.92 Å². The smallest absolute Gasteiger partial charge is 0.330 e. The number of aliphatic hydroxyl groups is 1. The van der Waals surface area contributed by atoms with Crippen LogP contribution in [0.4, 0.5) is 0 Å². The molecule has 1 aliphatic rings. The average Bonchev–Trinajstić information content (AvgIpc) is 2.66. The molecule has 2 rings (SSSR count). The Bertz CT molecular complexity index is 580. The third-order valence-corrected chi connectivity index (χ3v) is 5.87. The van der Waals surface area contributed by atoms with Crippen molar-refractivity contribution in [3.63, 3.8) is 0 Å². The fraction of sp³-hybridized carbons (Fsp3) is 0.636. The summed E-state index contributed by atoms with van der Waals surface area (Å²) in [5.74, 6) is 0.388. The number of nitrogens with zero attached hydrogens (tertiary/aromatic N) is 1. The van der Waals surface area contributed by atoms with E-state index in [-0.39, 0.29) is 0 Å². The van der Waals surface area contributed by atoms with E-state index in [0.717, 1.165) is 44.6 Å². The maximum absolute atomic E-state index is 10.9. The molecule has 1 saturated heterocycles. The fourth-order valence-electron chi connectivity index (χ4n) is 3.10. The molecule has 0 spiro atoms. The topological polar surface area (TPSA) is 44.7 Å². The minimum absolute atomic E-state index is 0.388. The standard InChI is InChI=1S/C22H36BN2O2/c1-6-18(2)11-12-22(5,26)21(3,4)27-23-20-9-7-19(8-10-20)17-25-15-13-24-14-16-25/h6-10,18,24,26H,1,11-17H2,2-5H3. The molecule has 1 aromatic carbocycles. The lowest BCUT2D eigenvalue weighted by atomic mass is 9.78. The predicted molar refractivity (Wildman–Crippen MR) is 114 cm³/mol. The number of allylic oxidation sites excluding steroid dienone is 1. The number of nitrogens with one attached hydrogen (secondary N) is 1. The van der Waals surface area contributed by atoms with Crippen LogP contribution in [0.1, 0.15) is 46.1 Å². The van der Waals surface area contributed by atoms with E-state index in [0.29, 0.717) is 12.3 Å². The highest BCUT2D eigenvalue weighted by atomic mass is 16.5. The van der Waals surface area contributed by atoms with Gasteiger partial charge in [0.1, 0.15) is 0 Å². The van der Waals surface area contributed by atoms with Crippen molar-refractivity contribution in [3.8, 4) is 0 Å². The minimum Gasteiger partial charge on any atom is -0.427 e. The summed E-state index contributed by atoms with van der Waals surface area (Å²) in [4.78, 5) is 2.47. The van der Waals surface area contributed by atoms with Crippen LogP contribution in [0.25, 0.3) is 0 Å². The molecule has 0 saturated carbocycles. The third-order valence-electron chi connectivity index (χ3n) is 5.87. The van der Waals surface area contributed by atoms with Gasteiger partial charge in [-0.3, -0.25) is 4.90 Å². The molecular weight excluding hydrogens is 335 g/mol. The number of hydrogen-bond acceptors (Lipinski definition) is 4. The Morgan fingerprint density at radius 2 is 1.89 bits per heavy atom. The van der Waals surface area contributed by atoms with E-state index in [2.05, 4.69) is 48.0 Å². The Labute approximate surface area is 166 Å². The SMILES string of the molecule is C=CC(C)CCC(C)(O)C(C)(C)O[B]c1ccc(CN2CCNCC2)cc1. The highest BCUT2D eigenvalue weighted by Gasteiger charge is 2.39. The highest BCUT2D eigenvalue weighted by molar-refractivity contribution is 6.47.